The number of hydrogen-bond acceptors (Lipinski definition) is 4. The quantitative estimate of drug-likeness (QED) is 0.734. The molecule has 1 atom stereocenters. The van der Waals surface area contributed by atoms with Gasteiger partial charge in [-0.1, -0.05) is 30.3 Å². The van der Waals surface area contributed by atoms with Crippen molar-refractivity contribution in [2.24, 2.45) is 7.05 Å². The largest absolute Gasteiger partial charge is 0.353 e. The van der Waals surface area contributed by atoms with E-state index in [4.69, 9.17) is 0 Å². The zero-order chi connectivity index (χ0) is 20.8. The maximum absolute atomic E-state index is 13.1. The van der Waals surface area contributed by atoms with Crippen molar-refractivity contribution >= 4 is 11.8 Å². The van der Waals surface area contributed by atoms with Crippen molar-refractivity contribution in [2.45, 2.75) is 45.3 Å². The van der Waals surface area contributed by atoms with Gasteiger partial charge in [0.05, 0.1) is 19.0 Å². The van der Waals surface area contributed by atoms with Crippen molar-refractivity contribution in [2.75, 3.05) is 19.6 Å². The maximum Gasteiger partial charge on any atom is 0.237 e. The topological polar surface area (TPSA) is 70.5 Å². The lowest BCUT2D eigenvalue weighted by atomic mass is 10.1. The van der Waals surface area contributed by atoms with Crippen LogP contribution in [0.1, 0.15) is 31.7 Å². The van der Waals surface area contributed by atoms with E-state index in [0.717, 1.165) is 25.3 Å². The van der Waals surface area contributed by atoms with Crippen molar-refractivity contribution in [1.82, 2.24) is 24.7 Å². The summed E-state index contributed by atoms with van der Waals surface area (Å²) in [5.74, 6) is 0.759. The van der Waals surface area contributed by atoms with Crippen molar-refractivity contribution in [3.63, 3.8) is 0 Å². The zero-order valence-electron chi connectivity index (χ0n) is 17.5. The molecule has 2 heterocycles. The molecule has 0 aliphatic carbocycles. The summed E-state index contributed by atoms with van der Waals surface area (Å²) in [7, 11) is 1.92. The molecule has 7 nitrogen and oxygen atoms in total. The van der Waals surface area contributed by atoms with E-state index in [-0.39, 0.29) is 24.3 Å². The predicted octanol–water partition coefficient (Wildman–Crippen LogP) is 1.59. The van der Waals surface area contributed by atoms with Crippen LogP contribution in [0.2, 0.25) is 0 Å². The standard InChI is InChI=1S/C22H31N5O2/c1-17(2)27(16-20-23-10-13-25(20)3)21(28)15-19-22(29)24-11-14-26(19)12-9-18-7-5-4-6-8-18/h4-8,10,13,17,19H,9,11-12,14-16H2,1-3H3,(H,24,29). The van der Waals surface area contributed by atoms with Crippen LogP contribution in [0.3, 0.4) is 0 Å². The van der Waals surface area contributed by atoms with Crippen molar-refractivity contribution in [3.05, 3.63) is 54.1 Å². The van der Waals surface area contributed by atoms with Gasteiger partial charge in [-0.25, -0.2) is 4.98 Å². The van der Waals surface area contributed by atoms with Gasteiger partial charge in [-0.2, -0.15) is 0 Å². The molecule has 1 aliphatic heterocycles. The first-order valence-corrected chi connectivity index (χ1v) is 10.3. The number of hydrogen-bond donors (Lipinski definition) is 1. The fraction of sp³-hybridized carbons (Fsp3) is 0.500. The molecule has 156 valence electrons. The molecule has 0 saturated carbocycles. The van der Waals surface area contributed by atoms with Crippen LogP contribution in [-0.4, -0.2) is 62.9 Å². The van der Waals surface area contributed by atoms with E-state index in [0.29, 0.717) is 13.1 Å². The number of nitrogens with one attached hydrogen (secondary N) is 1. The molecule has 2 amide bonds. The Hall–Kier alpha value is -2.67. The summed E-state index contributed by atoms with van der Waals surface area (Å²) in [6.45, 7) is 6.58. The monoisotopic (exact) mass is 397 g/mol. The Morgan fingerprint density at radius 2 is 2.07 bits per heavy atom. The molecule has 0 radical (unpaired) electrons. The molecule has 3 rings (SSSR count). The average molecular weight is 398 g/mol. The summed E-state index contributed by atoms with van der Waals surface area (Å²) in [6, 6.07) is 9.84. The van der Waals surface area contributed by atoms with Gasteiger partial charge in [0.1, 0.15) is 5.82 Å². The second-order valence-electron chi connectivity index (χ2n) is 7.85. The first-order chi connectivity index (χ1) is 14.0. The Kier molecular flexibility index (Phi) is 7.04. The lowest BCUT2D eigenvalue weighted by molar-refractivity contribution is -0.140. The second-order valence-corrected chi connectivity index (χ2v) is 7.85. The Morgan fingerprint density at radius 1 is 1.31 bits per heavy atom. The van der Waals surface area contributed by atoms with E-state index >= 15 is 0 Å². The third-order valence-corrected chi connectivity index (χ3v) is 5.52. The van der Waals surface area contributed by atoms with Gasteiger partial charge in [-0.05, 0) is 25.8 Å². The van der Waals surface area contributed by atoms with Crippen LogP contribution < -0.4 is 5.32 Å². The number of carbonyl (C=O) groups is 2. The maximum atomic E-state index is 13.1. The molecule has 2 aromatic rings. The van der Waals surface area contributed by atoms with E-state index in [1.165, 1.54) is 5.56 Å². The van der Waals surface area contributed by atoms with E-state index < -0.39 is 6.04 Å². The summed E-state index contributed by atoms with van der Waals surface area (Å²) in [4.78, 5) is 34.0. The van der Waals surface area contributed by atoms with E-state index in [9.17, 15) is 9.59 Å². The lowest BCUT2D eigenvalue weighted by Crippen LogP contribution is -2.57. The first-order valence-electron chi connectivity index (χ1n) is 10.3. The summed E-state index contributed by atoms with van der Waals surface area (Å²) in [6.07, 6.45) is 4.65. The molecule has 7 heteroatoms. The van der Waals surface area contributed by atoms with E-state index in [1.54, 1.807) is 11.1 Å². The fourth-order valence-electron chi connectivity index (χ4n) is 3.71. The Balaban J connectivity index is 1.67. The van der Waals surface area contributed by atoms with Crippen LogP contribution in [0.25, 0.3) is 0 Å². The zero-order valence-corrected chi connectivity index (χ0v) is 17.5. The van der Waals surface area contributed by atoms with Gasteiger partial charge in [-0.3, -0.25) is 14.5 Å². The Bertz CT molecular complexity index is 818. The lowest BCUT2D eigenvalue weighted by Gasteiger charge is -2.36. The number of aryl methyl sites for hydroxylation is 1. The van der Waals surface area contributed by atoms with Gasteiger partial charge in [0, 0.05) is 45.1 Å². The summed E-state index contributed by atoms with van der Waals surface area (Å²) < 4.78 is 1.92. The van der Waals surface area contributed by atoms with Gasteiger partial charge < -0.3 is 14.8 Å². The fourth-order valence-corrected chi connectivity index (χ4v) is 3.71. The van der Waals surface area contributed by atoms with Crippen LogP contribution in [0.5, 0.6) is 0 Å². The minimum Gasteiger partial charge on any atom is -0.353 e. The van der Waals surface area contributed by atoms with Crippen LogP contribution in [0.4, 0.5) is 0 Å². The number of piperazine rings is 1. The highest BCUT2D eigenvalue weighted by Gasteiger charge is 2.33. The predicted molar refractivity (Wildman–Crippen MR) is 112 cm³/mol. The van der Waals surface area contributed by atoms with Crippen LogP contribution in [-0.2, 0) is 29.6 Å². The van der Waals surface area contributed by atoms with Crippen molar-refractivity contribution in [3.8, 4) is 0 Å². The third-order valence-electron chi connectivity index (χ3n) is 5.52. The Morgan fingerprint density at radius 3 is 2.72 bits per heavy atom. The summed E-state index contributed by atoms with van der Waals surface area (Å²) in [5.41, 5.74) is 1.24. The molecular formula is C22H31N5O2. The van der Waals surface area contributed by atoms with Crippen LogP contribution in [0.15, 0.2) is 42.7 Å². The number of benzene rings is 1. The average Bonchev–Trinajstić information content (AvgIpc) is 3.11. The number of rotatable bonds is 8. The van der Waals surface area contributed by atoms with Gasteiger partial charge >= 0.3 is 0 Å². The first kappa shape index (κ1) is 21.0. The molecule has 1 N–H and O–H groups in total. The number of imidazole rings is 1. The highest BCUT2D eigenvalue weighted by atomic mass is 16.2. The van der Waals surface area contributed by atoms with Crippen molar-refractivity contribution < 1.29 is 9.59 Å². The highest BCUT2D eigenvalue weighted by molar-refractivity contribution is 5.89. The van der Waals surface area contributed by atoms with Crippen molar-refractivity contribution in [1.29, 1.82) is 0 Å². The van der Waals surface area contributed by atoms with E-state index in [1.807, 2.05) is 49.9 Å². The third kappa shape index (κ3) is 5.44. The molecule has 1 aromatic heterocycles. The molecular weight excluding hydrogens is 366 g/mol. The van der Waals surface area contributed by atoms with Gasteiger partial charge in [-0.15, -0.1) is 0 Å². The van der Waals surface area contributed by atoms with E-state index in [2.05, 4.69) is 27.3 Å². The van der Waals surface area contributed by atoms with Gasteiger partial charge in [0.2, 0.25) is 11.8 Å². The summed E-state index contributed by atoms with van der Waals surface area (Å²) in [5, 5.41) is 2.92. The van der Waals surface area contributed by atoms with Crippen LogP contribution in [0, 0.1) is 0 Å². The molecule has 1 fully saturated rings. The van der Waals surface area contributed by atoms with Gasteiger partial charge in [0.25, 0.3) is 0 Å². The molecule has 29 heavy (non-hydrogen) atoms. The second kappa shape index (κ2) is 9.69. The highest BCUT2D eigenvalue weighted by Crippen LogP contribution is 2.15. The molecule has 1 aromatic carbocycles. The molecule has 1 aliphatic rings. The normalized spacial score (nSPS) is 17.4. The minimum atomic E-state index is -0.428. The minimum absolute atomic E-state index is 0.0187. The number of amides is 2. The van der Waals surface area contributed by atoms with Gasteiger partial charge in [0.15, 0.2) is 0 Å². The number of aromatic nitrogens is 2. The molecule has 0 bridgehead atoms. The SMILES string of the molecule is CC(C)N(Cc1nccn1C)C(=O)CC1C(=O)NCCN1CCc1ccccc1. The molecule has 0 spiro atoms. The number of carbonyl (C=O) groups excluding carboxylic acids is 2. The number of nitrogens with zero attached hydrogens (tertiary/aromatic N) is 4. The smallest absolute Gasteiger partial charge is 0.237 e. The molecule has 1 saturated heterocycles. The van der Waals surface area contributed by atoms with Crippen LogP contribution >= 0.6 is 0 Å². The Labute approximate surface area is 172 Å². The molecule has 1 unspecified atom stereocenters. The summed E-state index contributed by atoms with van der Waals surface area (Å²) >= 11 is 0.